The maximum Gasteiger partial charge on any atom is 0.263 e. The highest BCUT2D eigenvalue weighted by Gasteiger charge is 2.55. The highest BCUT2D eigenvalue weighted by atomic mass is 79.9. The van der Waals surface area contributed by atoms with Gasteiger partial charge in [-0.3, -0.25) is 19.4 Å². The van der Waals surface area contributed by atoms with Crippen LogP contribution in [0.15, 0.2) is 63.3 Å². The van der Waals surface area contributed by atoms with Gasteiger partial charge in [0.25, 0.3) is 11.8 Å². The van der Waals surface area contributed by atoms with Crippen LogP contribution in [-0.4, -0.2) is 41.4 Å². The number of fused-ring (bicyclic) bond motifs is 1. The number of hydrogen-bond acceptors (Lipinski definition) is 6. The number of anilines is 2. The Morgan fingerprint density at radius 3 is 2.61 bits per heavy atom. The Hall–Kier alpha value is -3.14. The van der Waals surface area contributed by atoms with Crippen LogP contribution in [0, 0.1) is 5.82 Å². The summed E-state index contributed by atoms with van der Waals surface area (Å²) < 4.78 is 14.4. The third-order valence-corrected chi connectivity index (χ3v) is 4.89. The first-order valence-corrected chi connectivity index (χ1v) is 9.09. The van der Waals surface area contributed by atoms with Crippen LogP contribution in [0.5, 0.6) is 0 Å². The van der Waals surface area contributed by atoms with Crippen molar-refractivity contribution < 1.29 is 18.8 Å². The van der Waals surface area contributed by atoms with Gasteiger partial charge in [-0.05, 0) is 42.5 Å². The SMILES string of the molecule is O=C(CN1N=NC2C(=O)N(c3cccc(F)c3)C(=O)C21)Nc1ccc(Br)cc1. The summed E-state index contributed by atoms with van der Waals surface area (Å²) in [6, 6.07) is 10.1. The molecule has 0 bridgehead atoms. The number of benzene rings is 2. The molecule has 1 fully saturated rings. The zero-order chi connectivity index (χ0) is 19.8. The van der Waals surface area contributed by atoms with Crippen LogP contribution in [0.2, 0.25) is 0 Å². The van der Waals surface area contributed by atoms with E-state index < -0.39 is 35.6 Å². The fourth-order valence-electron chi connectivity index (χ4n) is 3.10. The van der Waals surface area contributed by atoms with E-state index in [1.54, 1.807) is 24.3 Å². The third kappa shape index (κ3) is 3.26. The molecule has 0 aliphatic carbocycles. The van der Waals surface area contributed by atoms with Gasteiger partial charge in [-0.15, -0.1) is 0 Å². The van der Waals surface area contributed by atoms with Gasteiger partial charge in [0.2, 0.25) is 5.91 Å². The fourth-order valence-corrected chi connectivity index (χ4v) is 3.37. The van der Waals surface area contributed by atoms with Crippen LogP contribution in [-0.2, 0) is 14.4 Å². The largest absolute Gasteiger partial charge is 0.324 e. The minimum absolute atomic E-state index is 0.124. The maximum absolute atomic E-state index is 13.5. The molecular formula is C18H13BrFN5O3. The van der Waals surface area contributed by atoms with Crippen LogP contribution >= 0.6 is 15.9 Å². The van der Waals surface area contributed by atoms with Crippen LogP contribution < -0.4 is 10.2 Å². The predicted molar refractivity (Wildman–Crippen MR) is 101 cm³/mol. The van der Waals surface area contributed by atoms with Crippen molar-refractivity contribution in [2.75, 3.05) is 16.8 Å². The number of nitrogens with zero attached hydrogens (tertiary/aromatic N) is 4. The molecule has 10 heteroatoms. The molecule has 2 heterocycles. The predicted octanol–water partition coefficient (Wildman–Crippen LogP) is 2.52. The molecular weight excluding hydrogens is 433 g/mol. The van der Waals surface area contributed by atoms with Crippen molar-refractivity contribution in [3.05, 3.63) is 58.8 Å². The van der Waals surface area contributed by atoms with Gasteiger partial charge in [-0.2, -0.15) is 5.11 Å². The molecule has 0 radical (unpaired) electrons. The molecule has 2 unspecified atom stereocenters. The van der Waals surface area contributed by atoms with Gasteiger partial charge in [0.15, 0.2) is 12.1 Å². The molecule has 1 N–H and O–H groups in total. The standard InChI is InChI=1S/C18H13BrFN5O3/c19-10-4-6-12(7-5-10)21-14(26)9-24-16-15(22-23-24)17(27)25(18(16)28)13-3-1-2-11(20)8-13/h1-8,15-16H,9H2,(H,21,26). The topological polar surface area (TPSA) is 94.4 Å². The molecule has 2 aliphatic heterocycles. The number of nitrogens with one attached hydrogen (secondary N) is 1. The second-order valence-corrected chi connectivity index (χ2v) is 7.15. The van der Waals surface area contributed by atoms with E-state index in [0.29, 0.717) is 5.69 Å². The van der Waals surface area contributed by atoms with Gasteiger partial charge in [-0.1, -0.05) is 27.2 Å². The van der Waals surface area contributed by atoms with Crippen molar-refractivity contribution >= 4 is 45.0 Å². The highest BCUT2D eigenvalue weighted by Crippen LogP contribution is 2.32. The monoisotopic (exact) mass is 445 g/mol. The van der Waals surface area contributed by atoms with Crippen LogP contribution in [0.25, 0.3) is 0 Å². The van der Waals surface area contributed by atoms with Gasteiger partial charge in [-0.25, -0.2) is 9.29 Å². The molecule has 8 nitrogen and oxygen atoms in total. The number of carbonyl (C=O) groups excluding carboxylic acids is 3. The molecule has 28 heavy (non-hydrogen) atoms. The highest BCUT2D eigenvalue weighted by molar-refractivity contribution is 9.10. The summed E-state index contributed by atoms with van der Waals surface area (Å²) in [6.45, 7) is -0.253. The molecule has 4 rings (SSSR count). The lowest BCUT2D eigenvalue weighted by atomic mass is 10.1. The van der Waals surface area contributed by atoms with E-state index in [-0.39, 0.29) is 12.2 Å². The number of halogens is 2. The lowest BCUT2D eigenvalue weighted by Gasteiger charge is -2.20. The average Bonchev–Trinajstić information content (AvgIpc) is 3.17. The first kappa shape index (κ1) is 18.2. The van der Waals surface area contributed by atoms with Gasteiger partial charge in [0.05, 0.1) is 5.69 Å². The Morgan fingerprint density at radius 1 is 1.14 bits per heavy atom. The van der Waals surface area contributed by atoms with E-state index >= 15 is 0 Å². The number of amides is 3. The van der Waals surface area contributed by atoms with E-state index in [0.717, 1.165) is 15.4 Å². The fraction of sp³-hybridized carbons (Fsp3) is 0.167. The molecule has 142 valence electrons. The average molecular weight is 446 g/mol. The smallest absolute Gasteiger partial charge is 0.263 e. The quantitative estimate of drug-likeness (QED) is 0.731. The Kier molecular flexibility index (Phi) is 4.63. The molecule has 3 amide bonds. The van der Waals surface area contributed by atoms with Crippen molar-refractivity contribution in [2.24, 2.45) is 10.3 Å². The normalized spacial score (nSPS) is 20.6. The molecule has 2 aromatic carbocycles. The number of carbonyl (C=O) groups is 3. The Morgan fingerprint density at radius 2 is 1.89 bits per heavy atom. The van der Waals surface area contributed by atoms with Crippen LogP contribution in [0.1, 0.15) is 0 Å². The zero-order valence-electron chi connectivity index (χ0n) is 14.3. The number of rotatable bonds is 4. The van der Waals surface area contributed by atoms with E-state index in [1.165, 1.54) is 23.2 Å². The molecule has 0 spiro atoms. The Balaban J connectivity index is 1.49. The first-order valence-electron chi connectivity index (χ1n) is 8.30. The summed E-state index contributed by atoms with van der Waals surface area (Å²) in [5, 5.41) is 11.5. The second-order valence-electron chi connectivity index (χ2n) is 6.24. The minimum atomic E-state index is -1.05. The second kappa shape index (κ2) is 7.12. The molecule has 2 aliphatic rings. The molecule has 2 atom stereocenters. The summed E-state index contributed by atoms with van der Waals surface area (Å²) in [5.41, 5.74) is 0.704. The van der Waals surface area contributed by atoms with Crippen molar-refractivity contribution in [1.29, 1.82) is 0 Å². The van der Waals surface area contributed by atoms with E-state index in [9.17, 15) is 18.8 Å². The van der Waals surface area contributed by atoms with Gasteiger partial charge < -0.3 is 5.32 Å². The van der Waals surface area contributed by atoms with Crippen molar-refractivity contribution in [3.8, 4) is 0 Å². The summed E-state index contributed by atoms with van der Waals surface area (Å²) in [6.07, 6.45) is 0. The number of hydrogen-bond donors (Lipinski definition) is 1. The van der Waals surface area contributed by atoms with Crippen molar-refractivity contribution in [3.63, 3.8) is 0 Å². The van der Waals surface area contributed by atoms with Crippen LogP contribution in [0.4, 0.5) is 15.8 Å². The molecule has 0 saturated carbocycles. The zero-order valence-corrected chi connectivity index (χ0v) is 15.8. The third-order valence-electron chi connectivity index (χ3n) is 4.36. The molecule has 0 aromatic heterocycles. The minimum Gasteiger partial charge on any atom is -0.324 e. The van der Waals surface area contributed by atoms with Crippen molar-refractivity contribution in [2.45, 2.75) is 12.1 Å². The lowest BCUT2D eigenvalue weighted by Crippen LogP contribution is -2.43. The van der Waals surface area contributed by atoms with Crippen LogP contribution in [0.3, 0.4) is 0 Å². The van der Waals surface area contributed by atoms with Gasteiger partial charge in [0, 0.05) is 10.2 Å². The summed E-state index contributed by atoms with van der Waals surface area (Å²) in [4.78, 5) is 38.5. The molecule has 1 saturated heterocycles. The van der Waals surface area contributed by atoms with E-state index in [2.05, 4.69) is 31.6 Å². The van der Waals surface area contributed by atoms with Crippen molar-refractivity contribution in [1.82, 2.24) is 5.01 Å². The van der Waals surface area contributed by atoms with Gasteiger partial charge in [0.1, 0.15) is 12.4 Å². The summed E-state index contributed by atoms with van der Waals surface area (Å²) >= 11 is 3.31. The van der Waals surface area contributed by atoms with E-state index in [1.807, 2.05) is 0 Å². The first-order chi connectivity index (χ1) is 13.4. The summed E-state index contributed by atoms with van der Waals surface area (Å²) in [5.74, 6) is -2.17. The Labute approximate surface area is 167 Å². The Bertz CT molecular complexity index is 997. The van der Waals surface area contributed by atoms with Gasteiger partial charge >= 0.3 is 0 Å². The van der Waals surface area contributed by atoms with E-state index in [4.69, 9.17) is 0 Å². The summed E-state index contributed by atoms with van der Waals surface area (Å²) in [7, 11) is 0. The molecule has 2 aromatic rings. The number of imide groups is 1. The maximum atomic E-state index is 13.5. The lowest BCUT2D eigenvalue weighted by molar-refractivity contribution is -0.123.